The first-order valence-corrected chi connectivity index (χ1v) is 4.64. The van der Waals surface area contributed by atoms with Crippen molar-refractivity contribution in [1.29, 1.82) is 0 Å². The average Bonchev–Trinajstić information content (AvgIpc) is 2.62. The van der Waals surface area contributed by atoms with E-state index in [4.69, 9.17) is 5.73 Å². The molecule has 0 unspecified atom stereocenters. The Hall–Kier alpha value is -1.96. The summed E-state index contributed by atoms with van der Waals surface area (Å²) < 4.78 is 0. The first-order chi connectivity index (χ1) is 7.19. The van der Waals surface area contributed by atoms with E-state index in [0.29, 0.717) is 11.5 Å². The molecule has 0 fully saturated rings. The second-order valence-electron chi connectivity index (χ2n) is 2.29. The van der Waals surface area contributed by atoms with Crippen molar-refractivity contribution in [3.8, 4) is 0 Å². The summed E-state index contributed by atoms with van der Waals surface area (Å²) in [6, 6.07) is 0. The van der Waals surface area contributed by atoms with E-state index in [0.717, 1.165) is 11.3 Å². The highest BCUT2D eigenvalue weighted by atomic mass is 32.1. The number of oxime groups is 1. The van der Waals surface area contributed by atoms with Crippen LogP contribution in [0.2, 0.25) is 0 Å². The largest absolute Gasteiger partial charge is 0.398 e. The fourth-order valence-electron chi connectivity index (χ4n) is 0.808. The Labute approximate surface area is 88.9 Å². The Morgan fingerprint density at radius 3 is 3.07 bits per heavy atom. The molecule has 0 aliphatic heterocycles. The van der Waals surface area contributed by atoms with Crippen LogP contribution >= 0.6 is 11.3 Å². The molecule has 0 spiro atoms. The van der Waals surface area contributed by atoms with Crippen LogP contribution < -0.4 is 11.1 Å². The lowest BCUT2D eigenvalue weighted by Gasteiger charge is -1.95. The highest BCUT2D eigenvalue weighted by molar-refractivity contribution is 7.14. The zero-order valence-electron chi connectivity index (χ0n) is 7.76. The van der Waals surface area contributed by atoms with Gasteiger partial charge in [-0.1, -0.05) is 5.16 Å². The molecule has 8 heteroatoms. The second kappa shape index (κ2) is 5.05. The van der Waals surface area contributed by atoms with E-state index < -0.39 is 5.91 Å². The molecule has 0 saturated carbocycles. The molecule has 1 rings (SSSR count). The molecular formula is C7H8N4O3S. The molecule has 1 aromatic heterocycles. The molecule has 7 nitrogen and oxygen atoms in total. The topological polar surface area (TPSA) is 107 Å². The minimum Gasteiger partial charge on any atom is -0.398 e. The smallest absolute Gasteiger partial charge is 0.273 e. The van der Waals surface area contributed by atoms with Crippen LogP contribution in [0, 0.1) is 0 Å². The first-order valence-electron chi connectivity index (χ1n) is 3.76. The second-order valence-corrected chi connectivity index (χ2v) is 3.14. The van der Waals surface area contributed by atoms with Gasteiger partial charge >= 0.3 is 0 Å². The molecular weight excluding hydrogens is 220 g/mol. The molecule has 1 heterocycles. The number of amides is 2. The number of nitrogens with two attached hydrogens (primary N) is 1. The van der Waals surface area contributed by atoms with Gasteiger partial charge in [0.25, 0.3) is 5.91 Å². The maximum absolute atomic E-state index is 10.9. The molecule has 0 saturated heterocycles. The van der Waals surface area contributed by atoms with Crippen molar-refractivity contribution in [3.05, 3.63) is 11.1 Å². The Morgan fingerprint density at radius 2 is 2.53 bits per heavy atom. The molecule has 0 bridgehead atoms. The minimum absolute atomic E-state index is 0.0901. The van der Waals surface area contributed by atoms with Crippen LogP contribution in [0.25, 0.3) is 0 Å². The fraction of sp³-hybridized carbons (Fsp3) is 0.143. The van der Waals surface area contributed by atoms with Crippen molar-refractivity contribution in [2.24, 2.45) is 10.9 Å². The number of nitrogens with one attached hydrogen (secondary N) is 1. The predicted molar refractivity (Wildman–Crippen MR) is 54.5 cm³/mol. The van der Waals surface area contributed by atoms with Gasteiger partial charge < -0.3 is 15.9 Å². The molecule has 0 aliphatic rings. The number of aromatic nitrogens is 1. The summed E-state index contributed by atoms with van der Waals surface area (Å²) in [5, 5.41) is 7.67. The van der Waals surface area contributed by atoms with Crippen LogP contribution in [0.15, 0.2) is 10.5 Å². The summed E-state index contributed by atoms with van der Waals surface area (Å²) in [5.41, 5.74) is 5.24. The number of carbonyl (C=O) groups is 2. The Kier molecular flexibility index (Phi) is 3.75. The Morgan fingerprint density at radius 1 is 1.80 bits per heavy atom. The van der Waals surface area contributed by atoms with Gasteiger partial charge in [-0.3, -0.25) is 9.59 Å². The van der Waals surface area contributed by atoms with Crippen molar-refractivity contribution < 1.29 is 14.4 Å². The molecule has 2 amide bonds. The zero-order chi connectivity index (χ0) is 11.3. The van der Waals surface area contributed by atoms with Gasteiger partial charge in [0.1, 0.15) is 12.8 Å². The number of hydrogen-bond donors (Lipinski definition) is 2. The van der Waals surface area contributed by atoms with E-state index in [1.54, 1.807) is 0 Å². The molecule has 3 N–H and O–H groups in total. The molecule has 15 heavy (non-hydrogen) atoms. The number of carbonyl (C=O) groups excluding carboxylic acids is 2. The zero-order valence-corrected chi connectivity index (χ0v) is 8.58. The molecule has 0 radical (unpaired) electrons. The molecule has 80 valence electrons. The third-order valence-corrected chi connectivity index (χ3v) is 2.12. The highest BCUT2D eigenvalue weighted by Crippen LogP contribution is 2.15. The summed E-state index contributed by atoms with van der Waals surface area (Å²) in [5.74, 6) is -0.750. The van der Waals surface area contributed by atoms with Crippen molar-refractivity contribution >= 4 is 34.5 Å². The van der Waals surface area contributed by atoms with Crippen LogP contribution in [0.4, 0.5) is 5.13 Å². The Balaban J connectivity index is 2.97. The third-order valence-electron chi connectivity index (χ3n) is 1.35. The van der Waals surface area contributed by atoms with E-state index in [-0.39, 0.29) is 11.4 Å². The monoisotopic (exact) mass is 228 g/mol. The van der Waals surface area contributed by atoms with Crippen molar-refractivity contribution in [1.82, 2.24) is 4.98 Å². The van der Waals surface area contributed by atoms with Gasteiger partial charge in [0.2, 0.25) is 6.41 Å². The van der Waals surface area contributed by atoms with Crippen LogP contribution in [0.3, 0.4) is 0 Å². The third kappa shape index (κ3) is 2.74. The lowest BCUT2D eigenvalue weighted by Crippen LogP contribution is -2.24. The molecule has 0 aromatic carbocycles. The summed E-state index contributed by atoms with van der Waals surface area (Å²) in [4.78, 5) is 29.4. The summed E-state index contributed by atoms with van der Waals surface area (Å²) in [6.07, 6.45) is 0.486. The van der Waals surface area contributed by atoms with Gasteiger partial charge in [-0.2, -0.15) is 0 Å². The van der Waals surface area contributed by atoms with Crippen LogP contribution in [-0.4, -0.2) is 30.1 Å². The van der Waals surface area contributed by atoms with E-state index in [2.05, 4.69) is 20.3 Å². The van der Waals surface area contributed by atoms with Crippen LogP contribution in [-0.2, 0) is 14.4 Å². The van der Waals surface area contributed by atoms with Gasteiger partial charge in [-0.25, -0.2) is 4.98 Å². The van der Waals surface area contributed by atoms with Gasteiger partial charge in [-0.05, 0) is 0 Å². The lowest BCUT2D eigenvalue weighted by molar-refractivity contribution is -0.112. The van der Waals surface area contributed by atoms with Gasteiger partial charge in [0.15, 0.2) is 10.8 Å². The first kappa shape index (κ1) is 11.1. The summed E-state index contributed by atoms with van der Waals surface area (Å²) in [7, 11) is 1.29. The quantitative estimate of drug-likeness (QED) is 0.404. The number of primary amides is 1. The SMILES string of the molecule is CO/N=C(\C(N)=O)c1csc(NC=O)n1. The normalized spacial score (nSPS) is 10.9. The van der Waals surface area contributed by atoms with Crippen molar-refractivity contribution in [2.45, 2.75) is 0 Å². The van der Waals surface area contributed by atoms with Crippen molar-refractivity contribution in [2.75, 3.05) is 12.4 Å². The van der Waals surface area contributed by atoms with E-state index in [1.807, 2.05) is 0 Å². The fourth-order valence-corrected chi connectivity index (χ4v) is 1.46. The summed E-state index contributed by atoms with van der Waals surface area (Å²) >= 11 is 1.15. The minimum atomic E-state index is -0.750. The lowest BCUT2D eigenvalue weighted by atomic mass is 10.3. The number of rotatable bonds is 5. The number of thiazole rings is 1. The number of nitrogens with zero attached hydrogens (tertiary/aromatic N) is 2. The molecule has 0 atom stereocenters. The van der Waals surface area contributed by atoms with Crippen LogP contribution in [0.1, 0.15) is 5.69 Å². The molecule has 1 aromatic rings. The van der Waals surface area contributed by atoms with Gasteiger partial charge in [0, 0.05) is 5.38 Å². The van der Waals surface area contributed by atoms with E-state index >= 15 is 0 Å². The number of anilines is 1. The standard InChI is InChI=1S/C7H8N4O3S/c1-14-11-5(6(8)13)4-2-15-7(10-4)9-3-12/h2-3H,1H3,(H2,8,13)(H,9,10,12)/b11-5-. The Bertz CT molecular complexity index is 401. The predicted octanol–water partition coefficient (Wildman–Crippen LogP) is -0.453. The van der Waals surface area contributed by atoms with E-state index in [9.17, 15) is 9.59 Å². The highest BCUT2D eigenvalue weighted by Gasteiger charge is 2.15. The molecule has 0 aliphatic carbocycles. The van der Waals surface area contributed by atoms with Gasteiger partial charge in [-0.15, -0.1) is 11.3 Å². The maximum Gasteiger partial charge on any atom is 0.273 e. The van der Waals surface area contributed by atoms with Crippen LogP contribution in [0.5, 0.6) is 0 Å². The maximum atomic E-state index is 10.9. The average molecular weight is 228 g/mol. The van der Waals surface area contributed by atoms with E-state index in [1.165, 1.54) is 12.5 Å². The van der Waals surface area contributed by atoms with Crippen molar-refractivity contribution in [3.63, 3.8) is 0 Å². The number of hydrogen-bond acceptors (Lipinski definition) is 6. The van der Waals surface area contributed by atoms with Gasteiger partial charge in [0.05, 0.1) is 0 Å². The summed E-state index contributed by atoms with van der Waals surface area (Å²) in [6.45, 7) is 0.